The molecule has 0 saturated heterocycles. The molecule has 92 valence electrons. The highest BCUT2D eigenvalue weighted by molar-refractivity contribution is 7.98. The molecule has 2 N–H and O–H groups in total. The van der Waals surface area contributed by atoms with Crippen molar-refractivity contribution in [3.63, 3.8) is 0 Å². The monoisotopic (exact) mass is 279 g/mol. The summed E-state index contributed by atoms with van der Waals surface area (Å²) >= 11 is 7.55. The van der Waals surface area contributed by atoms with E-state index in [1.165, 1.54) is 0 Å². The summed E-state index contributed by atoms with van der Waals surface area (Å²) in [6.07, 6.45) is 1.71. The van der Waals surface area contributed by atoms with Crippen molar-refractivity contribution in [1.82, 2.24) is 4.98 Å². The molecule has 0 atom stereocenters. The van der Waals surface area contributed by atoms with E-state index < -0.39 is 7.12 Å². The molecule has 0 aliphatic heterocycles. The van der Waals surface area contributed by atoms with Gasteiger partial charge in [-0.15, -0.1) is 11.8 Å². The Hall–Kier alpha value is -1.01. The van der Waals surface area contributed by atoms with Crippen LogP contribution in [0.3, 0.4) is 0 Å². The first-order valence-corrected chi connectivity index (χ1v) is 6.71. The van der Waals surface area contributed by atoms with E-state index in [9.17, 15) is 0 Å². The van der Waals surface area contributed by atoms with Crippen LogP contribution in [0.1, 0.15) is 5.56 Å². The molecular formula is C12H11BClNO2S. The lowest BCUT2D eigenvalue weighted by molar-refractivity contribution is 0.426. The third-order valence-corrected chi connectivity index (χ3v) is 3.87. The summed E-state index contributed by atoms with van der Waals surface area (Å²) in [5.41, 5.74) is 1.56. The molecule has 0 fully saturated rings. The first kappa shape index (κ1) is 13.4. The summed E-state index contributed by atoms with van der Waals surface area (Å²) in [4.78, 5) is 4.19. The van der Waals surface area contributed by atoms with Crippen molar-refractivity contribution in [2.75, 3.05) is 0 Å². The van der Waals surface area contributed by atoms with Crippen LogP contribution in [0.25, 0.3) is 0 Å². The molecule has 2 aromatic rings. The van der Waals surface area contributed by atoms with Crippen LogP contribution in [0.15, 0.2) is 47.6 Å². The molecule has 1 heterocycles. The molecule has 18 heavy (non-hydrogen) atoms. The summed E-state index contributed by atoms with van der Waals surface area (Å²) < 4.78 is 0. The number of hydrogen-bond acceptors (Lipinski definition) is 4. The van der Waals surface area contributed by atoms with Gasteiger partial charge in [0.05, 0.1) is 5.02 Å². The number of benzene rings is 1. The van der Waals surface area contributed by atoms with Crippen molar-refractivity contribution in [3.8, 4) is 0 Å². The molecule has 3 nitrogen and oxygen atoms in total. The van der Waals surface area contributed by atoms with Crippen molar-refractivity contribution in [3.05, 3.63) is 53.2 Å². The normalized spacial score (nSPS) is 10.4. The predicted octanol–water partition coefficient (Wildman–Crippen LogP) is 1.71. The minimum atomic E-state index is -1.42. The molecule has 2 rings (SSSR count). The third kappa shape index (κ3) is 3.49. The van der Waals surface area contributed by atoms with Crippen LogP contribution >= 0.6 is 23.4 Å². The van der Waals surface area contributed by atoms with Crippen molar-refractivity contribution >= 4 is 35.9 Å². The number of aromatic nitrogens is 1. The van der Waals surface area contributed by atoms with E-state index in [1.54, 1.807) is 36.2 Å². The highest BCUT2D eigenvalue weighted by Crippen LogP contribution is 2.26. The number of hydrogen-bond donors (Lipinski definition) is 2. The quantitative estimate of drug-likeness (QED) is 0.661. The molecule has 0 aliphatic rings. The number of halogens is 1. The standard InChI is InChI=1S/C12H11BClNO2S/c14-11-2-1-7-15-12(11)18-8-9-3-5-10(6-4-9)13(16)17/h1-7,16-17H,8H2. The lowest BCUT2D eigenvalue weighted by Crippen LogP contribution is -2.29. The van der Waals surface area contributed by atoms with E-state index in [1.807, 2.05) is 18.2 Å². The molecule has 1 aromatic carbocycles. The third-order valence-electron chi connectivity index (χ3n) is 2.38. The fourth-order valence-corrected chi connectivity index (χ4v) is 2.54. The zero-order chi connectivity index (χ0) is 13.0. The highest BCUT2D eigenvalue weighted by Gasteiger charge is 2.10. The van der Waals surface area contributed by atoms with Gasteiger partial charge in [0.25, 0.3) is 0 Å². The zero-order valence-electron chi connectivity index (χ0n) is 9.45. The van der Waals surface area contributed by atoms with Crippen LogP contribution in [-0.4, -0.2) is 22.2 Å². The minimum Gasteiger partial charge on any atom is -0.423 e. The molecule has 6 heteroatoms. The van der Waals surface area contributed by atoms with E-state index in [4.69, 9.17) is 21.6 Å². The average molecular weight is 280 g/mol. The predicted molar refractivity (Wildman–Crippen MR) is 75.1 cm³/mol. The second-order valence-electron chi connectivity index (χ2n) is 3.69. The first-order chi connectivity index (χ1) is 8.66. The van der Waals surface area contributed by atoms with E-state index in [2.05, 4.69) is 4.98 Å². The molecule has 0 unspecified atom stereocenters. The van der Waals surface area contributed by atoms with Crippen LogP contribution in [0.4, 0.5) is 0 Å². The van der Waals surface area contributed by atoms with Gasteiger partial charge in [-0.25, -0.2) is 4.98 Å². The summed E-state index contributed by atoms with van der Waals surface area (Å²) in [6.45, 7) is 0. The Morgan fingerprint density at radius 2 is 1.89 bits per heavy atom. The number of rotatable bonds is 4. The van der Waals surface area contributed by atoms with Gasteiger partial charge in [0, 0.05) is 11.9 Å². The molecular weight excluding hydrogens is 268 g/mol. The maximum Gasteiger partial charge on any atom is 0.488 e. The van der Waals surface area contributed by atoms with Crippen molar-refractivity contribution in [2.45, 2.75) is 10.8 Å². The first-order valence-electron chi connectivity index (χ1n) is 5.35. The van der Waals surface area contributed by atoms with Crippen LogP contribution in [0.2, 0.25) is 5.02 Å². The molecule has 0 amide bonds. The average Bonchev–Trinajstić information content (AvgIpc) is 2.38. The number of pyridine rings is 1. The molecule has 0 radical (unpaired) electrons. The van der Waals surface area contributed by atoms with Crippen LogP contribution in [0, 0.1) is 0 Å². The van der Waals surface area contributed by atoms with Gasteiger partial charge in [0.1, 0.15) is 5.03 Å². The lowest BCUT2D eigenvalue weighted by Gasteiger charge is -2.04. The van der Waals surface area contributed by atoms with Gasteiger partial charge >= 0.3 is 7.12 Å². The van der Waals surface area contributed by atoms with Crippen molar-refractivity contribution in [1.29, 1.82) is 0 Å². The zero-order valence-corrected chi connectivity index (χ0v) is 11.0. The molecule has 0 saturated carbocycles. The van der Waals surface area contributed by atoms with Crippen LogP contribution in [-0.2, 0) is 5.75 Å². The van der Waals surface area contributed by atoms with Gasteiger partial charge in [0.2, 0.25) is 0 Å². The van der Waals surface area contributed by atoms with Crippen LogP contribution < -0.4 is 5.46 Å². The SMILES string of the molecule is OB(O)c1ccc(CSc2ncccc2Cl)cc1. The maximum atomic E-state index is 8.98. The van der Waals surface area contributed by atoms with E-state index >= 15 is 0 Å². The minimum absolute atomic E-state index is 0.486. The largest absolute Gasteiger partial charge is 0.488 e. The fraction of sp³-hybridized carbons (Fsp3) is 0.0833. The van der Waals surface area contributed by atoms with Crippen molar-refractivity contribution < 1.29 is 10.0 Å². The van der Waals surface area contributed by atoms with Crippen LogP contribution in [0.5, 0.6) is 0 Å². The Balaban J connectivity index is 2.00. The molecule has 0 aliphatic carbocycles. The molecule has 0 spiro atoms. The van der Waals surface area contributed by atoms with Crippen molar-refractivity contribution in [2.24, 2.45) is 0 Å². The highest BCUT2D eigenvalue weighted by atomic mass is 35.5. The van der Waals surface area contributed by atoms with Gasteiger partial charge in [-0.2, -0.15) is 0 Å². The van der Waals surface area contributed by atoms with E-state index in [0.717, 1.165) is 16.3 Å². The Bertz CT molecular complexity index is 522. The maximum absolute atomic E-state index is 8.98. The van der Waals surface area contributed by atoms with Gasteiger partial charge in [-0.05, 0) is 23.2 Å². The number of thioether (sulfide) groups is 1. The second kappa shape index (κ2) is 6.25. The Labute approximate surface area is 115 Å². The summed E-state index contributed by atoms with van der Waals surface area (Å²) in [5.74, 6) is 0.735. The summed E-state index contributed by atoms with van der Waals surface area (Å²) in [5, 5.41) is 19.4. The second-order valence-corrected chi connectivity index (χ2v) is 5.07. The van der Waals surface area contributed by atoms with Gasteiger partial charge in [-0.1, -0.05) is 35.9 Å². The summed E-state index contributed by atoms with van der Waals surface area (Å²) in [7, 11) is -1.42. The lowest BCUT2D eigenvalue weighted by atomic mass is 9.80. The van der Waals surface area contributed by atoms with Gasteiger partial charge in [0.15, 0.2) is 0 Å². The topological polar surface area (TPSA) is 53.4 Å². The van der Waals surface area contributed by atoms with Gasteiger partial charge in [-0.3, -0.25) is 0 Å². The smallest absolute Gasteiger partial charge is 0.423 e. The number of nitrogens with zero attached hydrogens (tertiary/aromatic N) is 1. The van der Waals surface area contributed by atoms with E-state index in [-0.39, 0.29) is 0 Å². The Kier molecular flexibility index (Phi) is 4.66. The summed E-state index contributed by atoms with van der Waals surface area (Å²) in [6, 6.07) is 10.7. The molecule has 1 aromatic heterocycles. The molecule has 0 bridgehead atoms. The Morgan fingerprint density at radius 3 is 2.50 bits per heavy atom. The fourth-order valence-electron chi connectivity index (χ4n) is 1.42. The van der Waals surface area contributed by atoms with E-state index in [0.29, 0.717) is 10.5 Å². The Morgan fingerprint density at radius 1 is 1.17 bits per heavy atom. The van der Waals surface area contributed by atoms with Gasteiger partial charge < -0.3 is 10.0 Å².